The molecule has 1 N–H and O–H groups in total. The maximum absolute atomic E-state index is 11.8. The summed E-state index contributed by atoms with van der Waals surface area (Å²) in [5.41, 5.74) is 0.743. The van der Waals surface area contributed by atoms with Crippen molar-refractivity contribution in [1.82, 2.24) is 5.32 Å². The fraction of sp³-hybridized carbons (Fsp3) is 0.611. The third-order valence-electron chi connectivity index (χ3n) is 4.32. The van der Waals surface area contributed by atoms with Gasteiger partial charge in [0.1, 0.15) is 6.61 Å². The molecule has 0 atom stereocenters. The zero-order valence-corrected chi connectivity index (χ0v) is 15.7. The molecule has 1 aromatic carbocycles. The maximum Gasteiger partial charge on any atom is 0.494 e. The summed E-state index contributed by atoms with van der Waals surface area (Å²) in [6.07, 6.45) is -0.427. The molecule has 5 nitrogen and oxygen atoms in total. The average Bonchev–Trinajstić information content (AvgIpc) is 2.64. The lowest BCUT2D eigenvalue weighted by Crippen LogP contribution is -2.41. The van der Waals surface area contributed by atoms with Crippen LogP contribution in [0.2, 0.25) is 0 Å². The van der Waals surface area contributed by atoms with Gasteiger partial charge in [0.15, 0.2) is 0 Å². The molecule has 132 valence electrons. The summed E-state index contributed by atoms with van der Waals surface area (Å²) in [6, 6.07) is 7.74. The van der Waals surface area contributed by atoms with E-state index in [9.17, 15) is 4.79 Å². The monoisotopic (exact) mass is 333 g/mol. The summed E-state index contributed by atoms with van der Waals surface area (Å²) in [5.74, 6) is 0. The van der Waals surface area contributed by atoms with Gasteiger partial charge in [-0.1, -0.05) is 24.3 Å². The molecule has 6 heteroatoms. The second kappa shape index (κ2) is 6.41. The topological polar surface area (TPSA) is 56.8 Å². The van der Waals surface area contributed by atoms with Crippen LogP contribution in [0.25, 0.3) is 0 Å². The highest BCUT2D eigenvalue weighted by Crippen LogP contribution is 2.36. The van der Waals surface area contributed by atoms with Crippen LogP contribution in [-0.2, 0) is 20.7 Å². The van der Waals surface area contributed by atoms with Gasteiger partial charge in [-0.15, -0.1) is 0 Å². The molecule has 0 aliphatic carbocycles. The molecule has 2 rings (SSSR count). The Labute approximate surface area is 145 Å². The van der Waals surface area contributed by atoms with Crippen LogP contribution < -0.4 is 10.8 Å². The van der Waals surface area contributed by atoms with Crippen LogP contribution in [-0.4, -0.2) is 30.0 Å². The lowest BCUT2D eigenvalue weighted by Gasteiger charge is -2.32. The molecule has 1 saturated heterocycles. The van der Waals surface area contributed by atoms with Crippen molar-refractivity contribution in [3.8, 4) is 0 Å². The number of benzene rings is 1. The fourth-order valence-corrected chi connectivity index (χ4v) is 2.30. The standard InChI is InChI=1S/C18H28BNO4/c1-16(2,3)20-15(21)22-12-13-9-8-10-14(11-13)19-23-17(4,5)18(6,7)24-19/h8-11H,12H2,1-7H3,(H,20,21). The second-order valence-electron chi connectivity index (χ2n) is 8.28. The summed E-state index contributed by atoms with van der Waals surface area (Å²) in [6.45, 7) is 14.0. The Morgan fingerprint density at radius 2 is 1.75 bits per heavy atom. The Hall–Kier alpha value is -1.53. The highest BCUT2D eigenvalue weighted by Gasteiger charge is 2.51. The molecule has 0 aromatic heterocycles. The molecular formula is C18H28BNO4. The summed E-state index contributed by atoms with van der Waals surface area (Å²) in [4.78, 5) is 11.8. The van der Waals surface area contributed by atoms with Crippen LogP contribution >= 0.6 is 0 Å². The van der Waals surface area contributed by atoms with E-state index in [1.807, 2.05) is 72.7 Å². The first kappa shape index (κ1) is 18.8. The number of carbonyl (C=O) groups excluding carboxylic acids is 1. The van der Waals surface area contributed by atoms with Crippen molar-refractivity contribution in [2.24, 2.45) is 0 Å². The number of hydrogen-bond acceptors (Lipinski definition) is 4. The molecule has 1 heterocycles. The van der Waals surface area contributed by atoms with Gasteiger partial charge in [-0.25, -0.2) is 4.79 Å². The highest BCUT2D eigenvalue weighted by molar-refractivity contribution is 6.62. The third kappa shape index (κ3) is 4.51. The lowest BCUT2D eigenvalue weighted by atomic mass is 9.78. The van der Waals surface area contributed by atoms with Crippen molar-refractivity contribution in [2.75, 3.05) is 0 Å². The van der Waals surface area contributed by atoms with Crippen molar-refractivity contribution in [3.63, 3.8) is 0 Å². The minimum absolute atomic E-state index is 0.204. The SMILES string of the molecule is CC(C)(C)NC(=O)OCc1cccc(B2OC(C)(C)C(C)(C)O2)c1. The Bertz CT molecular complexity index is 591. The molecule has 1 amide bonds. The number of alkyl carbamates (subject to hydrolysis) is 1. The van der Waals surface area contributed by atoms with Crippen LogP contribution in [0.15, 0.2) is 24.3 Å². The van der Waals surface area contributed by atoms with Crippen LogP contribution in [0.3, 0.4) is 0 Å². The fourth-order valence-electron chi connectivity index (χ4n) is 2.30. The van der Waals surface area contributed by atoms with Crippen molar-refractivity contribution >= 4 is 18.7 Å². The molecular weight excluding hydrogens is 305 g/mol. The molecule has 1 aromatic rings. The minimum atomic E-state index is -0.427. The normalized spacial score (nSPS) is 19.2. The predicted molar refractivity (Wildman–Crippen MR) is 95.2 cm³/mol. The van der Waals surface area contributed by atoms with E-state index in [0.717, 1.165) is 11.0 Å². The lowest BCUT2D eigenvalue weighted by molar-refractivity contribution is 0.00578. The van der Waals surface area contributed by atoms with E-state index in [4.69, 9.17) is 14.0 Å². The quantitative estimate of drug-likeness (QED) is 0.864. The van der Waals surface area contributed by atoms with Crippen LogP contribution in [0.1, 0.15) is 54.0 Å². The summed E-state index contributed by atoms with van der Waals surface area (Å²) >= 11 is 0. The highest BCUT2D eigenvalue weighted by atomic mass is 16.7. The van der Waals surface area contributed by atoms with Gasteiger partial charge < -0.3 is 19.4 Å². The van der Waals surface area contributed by atoms with Gasteiger partial charge in [-0.3, -0.25) is 0 Å². The summed E-state index contributed by atoms with van der Waals surface area (Å²) in [7, 11) is -0.418. The first-order valence-corrected chi connectivity index (χ1v) is 8.29. The van der Waals surface area contributed by atoms with Crippen LogP contribution in [0.5, 0.6) is 0 Å². The number of carbonyl (C=O) groups is 1. The molecule has 1 aliphatic rings. The van der Waals surface area contributed by atoms with Gasteiger partial charge >= 0.3 is 13.2 Å². The van der Waals surface area contributed by atoms with E-state index in [-0.39, 0.29) is 23.3 Å². The van der Waals surface area contributed by atoms with Gasteiger partial charge in [-0.2, -0.15) is 0 Å². The molecule has 0 saturated carbocycles. The molecule has 0 unspecified atom stereocenters. The largest absolute Gasteiger partial charge is 0.494 e. The number of rotatable bonds is 3. The number of amides is 1. The van der Waals surface area contributed by atoms with E-state index >= 15 is 0 Å². The van der Waals surface area contributed by atoms with Gasteiger partial charge in [0.2, 0.25) is 0 Å². The zero-order valence-electron chi connectivity index (χ0n) is 15.7. The Balaban J connectivity index is 2.01. The number of nitrogens with one attached hydrogen (secondary N) is 1. The second-order valence-corrected chi connectivity index (χ2v) is 8.28. The maximum atomic E-state index is 11.8. The van der Waals surface area contributed by atoms with Crippen LogP contribution in [0.4, 0.5) is 4.79 Å². The van der Waals surface area contributed by atoms with Crippen molar-refractivity contribution in [1.29, 1.82) is 0 Å². The van der Waals surface area contributed by atoms with Crippen molar-refractivity contribution < 1.29 is 18.8 Å². The van der Waals surface area contributed by atoms with Crippen LogP contribution in [0, 0.1) is 0 Å². The average molecular weight is 333 g/mol. The predicted octanol–water partition coefficient (Wildman–Crippen LogP) is 3.01. The van der Waals surface area contributed by atoms with Gasteiger partial charge in [0, 0.05) is 5.54 Å². The van der Waals surface area contributed by atoms with E-state index in [2.05, 4.69) is 5.32 Å². The van der Waals surface area contributed by atoms with E-state index in [1.165, 1.54) is 0 Å². The smallest absolute Gasteiger partial charge is 0.445 e. The van der Waals surface area contributed by atoms with Gasteiger partial charge in [0.25, 0.3) is 0 Å². The van der Waals surface area contributed by atoms with Crippen molar-refractivity contribution in [3.05, 3.63) is 29.8 Å². The molecule has 24 heavy (non-hydrogen) atoms. The number of hydrogen-bond donors (Lipinski definition) is 1. The van der Waals surface area contributed by atoms with E-state index in [1.54, 1.807) is 0 Å². The van der Waals surface area contributed by atoms with Gasteiger partial charge in [-0.05, 0) is 59.5 Å². The zero-order chi connectivity index (χ0) is 18.2. The van der Waals surface area contributed by atoms with Gasteiger partial charge in [0.05, 0.1) is 11.2 Å². The first-order valence-electron chi connectivity index (χ1n) is 8.29. The molecule has 1 fully saturated rings. The Morgan fingerprint density at radius 3 is 2.29 bits per heavy atom. The third-order valence-corrected chi connectivity index (χ3v) is 4.32. The van der Waals surface area contributed by atoms with Crippen molar-refractivity contribution in [2.45, 2.75) is 71.8 Å². The Morgan fingerprint density at radius 1 is 1.17 bits per heavy atom. The minimum Gasteiger partial charge on any atom is -0.445 e. The molecule has 0 spiro atoms. The van der Waals surface area contributed by atoms with E-state index in [0.29, 0.717) is 0 Å². The molecule has 0 radical (unpaired) electrons. The molecule has 1 aliphatic heterocycles. The summed E-state index contributed by atoms with van der Waals surface area (Å²) in [5, 5.41) is 2.77. The first-order chi connectivity index (χ1) is 10.9. The van der Waals surface area contributed by atoms with E-state index < -0.39 is 13.2 Å². The molecule has 0 bridgehead atoms. The summed E-state index contributed by atoms with van der Waals surface area (Å²) < 4.78 is 17.4. The number of ether oxygens (including phenoxy) is 1. The Kier molecular flexibility index (Phi) is 5.02.